The monoisotopic (exact) mass is 1150 g/mol. The Morgan fingerprint density at radius 3 is 1.52 bits per heavy atom. The van der Waals surface area contributed by atoms with Crippen molar-refractivity contribution in [3.8, 4) is 0 Å². The molecule has 1 aliphatic rings. The van der Waals surface area contributed by atoms with Crippen LogP contribution in [0.1, 0.15) is 109 Å². The SMILES string of the molecule is C[C@H](CCCCNC(=O)CN1CCN(CC(=O)O)CCN(CC(=O)O)CC1)NC(=O)[C@H](CCCNC(=N)N)NC(=O)[C@H](Cc1ccccc1)NC(=O)CCCCCCCNC(=O)CCC(NC(=O)NC(CCC(=O)O)C(=O)O)C(=O)O. The van der Waals surface area contributed by atoms with Gasteiger partial charge in [0.05, 0.1) is 19.6 Å². The number of carbonyl (C=O) groups is 11. The fourth-order valence-electron chi connectivity index (χ4n) is 8.59. The standard InChI is InChI=1S/C52H85N13O16/c1-35(13-9-11-23-56-43(68)32-63-25-27-64(33-45(71)72)29-30-65(28-26-63)34-46(73)74)58-47(75)37(16-12-24-57-51(53)54)60-48(76)40(31-36-14-6-5-7-15-36)59-42(67)17-8-3-2-4-10-22-55-41(66)20-18-38(49(77)78)61-52(81)62-39(50(79)80)19-21-44(69)70/h5-7,14-15,35,37-40H,2-4,8-13,16-34H2,1H3,(H,55,66)(H,56,68)(H,58,75)(H,59,67)(H,60,76)(H,69,70)(H,71,72)(H,73,74)(H,77,78)(H,79,80)(H4,53,54,57)(H2,61,62,81)/t35-,37+,38?,39?,40+/m1/s1. The van der Waals surface area contributed by atoms with Crippen LogP contribution in [0.25, 0.3) is 0 Å². The Balaban J connectivity index is 1.87. The van der Waals surface area contributed by atoms with Gasteiger partial charge in [-0.2, -0.15) is 0 Å². The van der Waals surface area contributed by atoms with Crippen molar-refractivity contribution in [1.82, 2.24) is 57.2 Å². The summed E-state index contributed by atoms with van der Waals surface area (Å²) in [5, 5.41) is 74.7. The van der Waals surface area contributed by atoms with Gasteiger partial charge in [0, 0.05) is 90.6 Å². The minimum atomic E-state index is -1.57. The van der Waals surface area contributed by atoms with Crippen LogP contribution in [0.5, 0.6) is 0 Å². The lowest BCUT2D eigenvalue weighted by atomic mass is 10.0. The maximum atomic E-state index is 14.0. The van der Waals surface area contributed by atoms with Crippen LogP contribution in [0.3, 0.4) is 0 Å². The van der Waals surface area contributed by atoms with Crippen molar-refractivity contribution in [3.05, 3.63) is 35.9 Å². The highest BCUT2D eigenvalue weighted by molar-refractivity contribution is 5.92. The third-order valence-corrected chi connectivity index (χ3v) is 13.0. The van der Waals surface area contributed by atoms with Gasteiger partial charge in [-0.25, -0.2) is 14.4 Å². The van der Waals surface area contributed by atoms with E-state index >= 15 is 0 Å². The van der Waals surface area contributed by atoms with Crippen LogP contribution >= 0.6 is 0 Å². The lowest BCUT2D eigenvalue weighted by Gasteiger charge is -2.25. The van der Waals surface area contributed by atoms with Crippen LogP contribution in [0.15, 0.2) is 30.3 Å². The summed E-state index contributed by atoms with van der Waals surface area (Å²) in [6.45, 7) is 4.80. The highest BCUT2D eigenvalue weighted by Gasteiger charge is 2.29. The molecule has 29 heteroatoms. The first-order valence-corrected chi connectivity index (χ1v) is 27.4. The molecule has 2 rings (SSSR count). The average molecular weight is 1150 g/mol. The summed E-state index contributed by atoms with van der Waals surface area (Å²) >= 11 is 0. The molecule has 1 heterocycles. The minimum absolute atomic E-state index is 0.0506. The summed E-state index contributed by atoms with van der Waals surface area (Å²) in [6.07, 6.45) is 4.15. The molecule has 0 saturated carbocycles. The Morgan fingerprint density at radius 1 is 0.481 bits per heavy atom. The number of benzene rings is 1. The van der Waals surface area contributed by atoms with E-state index in [0.29, 0.717) is 104 Å². The Morgan fingerprint density at radius 2 is 0.975 bits per heavy atom. The number of carbonyl (C=O) groups excluding carboxylic acids is 6. The van der Waals surface area contributed by atoms with Crippen LogP contribution in [0, 0.1) is 5.41 Å². The molecule has 0 bridgehead atoms. The van der Waals surface area contributed by atoms with Gasteiger partial charge in [0.2, 0.25) is 29.5 Å². The van der Waals surface area contributed by atoms with E-state index in [-0.39, 0.29) is 88.6 Å². The number of hydrogen-bond acceptors (Lipinski definition) is 15. The van der Waals surface area contributed by atoms with Gasteiger partial charge in [0.15, 0.2) is 5.96 Å². The summed E-state index contributed by atoms with van der Waals surface area (Å²) in [7, 11) is 0. The normalized spacial score (nSPS) is 15.0. The molecule has 1 aromatic rings. The molecule has 16 N–H and O–H groups in total. The topological polar surface area (TPSA) is 445 Å². The van der Waals surface area contributed by atoms with Gasteiger partial charge >= 0.3 is 35.9 Å². The molecule has 5 atom stereocenters. The molecular weight excluding hydrogens is 1060 g/mol. The van der Waals surface area contributed by atoms with Crippen LogP contribution in [0.4, 0.5) is 4.79 Å². The van der Waals surface area contributed by atoms with Gasteiger partial charge in [-0.3, -0.25) is 58.5 Å². The fourth-order valence-corrected chi connectivity index (χ4v) is 8.59. The molecular formula is C52H85N13O16. The fraction of sp³-hybridized carbons (Fsp3) is 0.654. The van der Waals surface area contributed by atoms with Gasteiger partial charge in [-0.15, -0.1) is 0 Å². The maximum absolute atomic E-state index is 14.0. The van der Waals surface area contributed by atoms with E-state index in [4.69, 9.17) is 16.2 Å². The Labute approximate surface area is 471 Å². The van der Waals surface area contributed by atoms with E-state index < -0.39 is 90.6 Å². The van der Waals surface area contributed by atoms with E-state index in [1.807, 2.05) is 35.3 Å². The van der Waals surface area contributed by atoms with Gasteiger partial charge in [0.1, 0.15) is 24.2 Å². The third-order valence-electron chi connectivity index (χ3n) is 13.0. The average Bonchev–Trinajstić information content (AvgIpc) is 3.47. The Hall–Kier alpha value is -7.66. The first-order valence-electron chi connectivity index (χ1n) is 27.4. The van der Waals surface area contributed by atoms with Crippen molar-refractivity contribution in [2.24, 2.45) is 5.73 Å². The number of aliphatic carboxylic acids is 5. The van der Waals surface area contributed by atoms with Gasteiger partial charge in [0.25, 0.3) is 0 Å². The third kappa shape index (κ3) is 33.5. The molecule has 1 saturated heterocycles. The van der Waals surface area contributed by atoms with Crippen LogP contribution in [-0.2, 0) is 54.4 Å². The van der Waals surface area contributed by atoms with Crippen molar-refractivity contribution in [1.29, 1.82) is 5.41 Å². The number of nitrogens with two attached hydrogens (primary N) is 1. The zero-order valence-electron chi connectivity index (χ0n) is 46.2. The zero-order chi connectivity index (χ0) is 60.1. The second kappa shape index (κ2) is 39.7. The molecule has 81 heavy (non-hydrogen) atoms. The number of amides is 7. The highest BCUT2D eigenvalue weighted by Crippen LogP contribution is 2.11. The second-order valence-electron chi connectivity index (χ2n) is 20.0. The van der Waals surface area contributed by atoms with Gasteiger partial charge in [-0.1, -0.05) is 49.6 Å². The molecule has 2 unspecified atom stereocenters. The molecule has 1 aliphatic heterocycles. The largest absolute Gasteiger partial charge is 0.481 e. The van der Waals surface area contributed by atoms with Crippen LogP contribution in [-0.4, -0.2) is 220 Å². The summed E-state index contributed by atoms with van der Waals surface area (Å²) in [5.41, 5.74) is 6.23. The smallest absolute Gasteiger partial charge is 0.326 e. The van der Waals surface area contributed by atoms with E-state index in [1.54, 1.807) is 21.9 Å². The van der Waals surface area contributed by atoms with Gasteiger partial charge in [-0.05, 0) is 70.3 Å². The first kappa shape index (κ1) is 69.4. The number of nitrogens with one attached hydrogen (secondary N) is 9. The molecule has 0 aliphatic carbocycles. The lowest BCUT2D eigenvalue weighted by molar-refractivity contribution is -0.141. The van der Waals surface area contributed by atoms with E-state index in [1.165, 1.54) is 0 Å². The lowest BCUT2D eigenvalue weighted by Crippen LogP contribution is -2.55. The number of carboxylic acid groups (broad SMARTS) is 5. The second-order valence-corrected chi connectivity index (χ2v) is 20.0. The summed E-state index contributed by atoms with van der Waals surface area (Å²) in [4.78, 5) is 141. The zero-order valence-corrected chi connectivity index (χ0v) is 46.2. The molecule has 29 nitrogen and oxygen atoms in total. The summed E-state index contributed by atoms with van der Waals surface area (Å²) < 4.78 is 0. The molecule has 1 aromatic carbocycles. The summed E-state index contributed by atoms with van der Waals surface area (Å²) in [5.74, 6) is -8.58. The van der Waals surface area contributed by atoms with Crippen LogP contribution in [0.2, 0.25) is 0 Å². The van der Waals surface area contributed by atoms with Gasteiger partial charge < -0.3 is 73.8 Å². The predicted molar refractivity (Wildman–Crippen MR) is 294 cm³/mol. The minimum Gasteiger partial charge on any atom is -0.481 e. The van der Waals surface area contributed by atoms with Crippen LogP contribution < -0.4 is 48.3 Å². The number of urea groups is 1. The molecule has 0 aromatic heterocycles. The van der Waals surface area contributed by atoms with Crippen molar-refractivity contribution in [2.75, 3.05) is 78.5 Å². The molecule has 1 fully saturated rings. The molecule has 7 amide bonds. The molecule has 0 spiro atoms. The number of carboxylic acids is 5. The highest BCUT2D eigenvalue weighted by atomic mass is 16.4. The number of hydrogen-bond donors (Lipinski definition) is 15. The quantitative estimate of drug-likeness (QED) is 0.0205. The maximum Gasteiger partial charge on any atom is 0.326 e. The number of unbranched alkanes of at least 4 members (excludes halogenated alkanes) is 5. The number of nitrogens with zero attached hydrogens (tertiary/aromatic N) is 3. The molecule has 454 valence electrons. The van der Waals surface area contributed by atoms with E-state index in [9.17, 15) is 73.2 Å². The Kier molecular flexibility index (Phi) is 34.0. The van der Waals surface area contributed by atoms with Crippen molar-refractivity contribution >= 4 is 71.4 Å². The molecule has 0 radical (unpaired) electrons. The van der Waals surface area contributed by atoms with Crippen molar-refractivity contribution in [2.45, 2.75) is 140 Å². The number of guanidine groups is 1. The van der Waals surface area contributed by atoms with Crippen molar-refractivity contribution in [3.63, 3.8) is 0 Å². The Bertz CT molecular complexity index is 2180. The van der Waals surface area contributed by atoms with E-state index in [0.717, 1.165) is 5.56 Å². The van der Waals surface area contributed by atoms with Crippen molar-refractivity contribution < 1.29 is 78.3 Å². The predicted octanol–water partition coefficient (Wildman–Crippen LogP) is -1.35. The number of rotatable bonds is 40. The first-order chi connectivity index (χ1) is 38.5. The van der Waals surface area contributed by atoms with E-state index in [2.05, 4.69) is 37.2 Å². The summed E-state index contributed by atoms with van der Waals surface area (Å²) in [6, 6.07) is 2.44.